The van der Waals surface area contributed by atoms with Crippen LogP contribution in [0.4, 0.5) is 0 Å². The Balaban J connectivity index is 4.22. The van der Waals surface area contributed by atoms with Gasteiger partial charge in [-0.15, -0.1) is 0 Å². The molecule has 0 bridgehead atoms. The predicted octanol–water partition coefficient (Wildman–Crippen LogP) is 19.7. The molecule has 0 aromatic carbocycles. The largest absolute Gasteiger partial charge is 0.462 e. The van der Waals surface area contributed by atoms with Crippen LogP contribution in [0.1, 0.15) is 336 Å². The summed E-state index contributed by atoms with van der Waals surface area (Å²) >= 11 is 0. The third-order valence-corrected chi connectivity index (χ3v) is 13.7. The van der Waals surface area contributed by atoms with Crippen LogP contribution in [-0.2, 0) is 28.6 Å². The van der Waals surface area contributed by atoms with Crippen molar-refractivity contribution >= 4 is 17.9 Å². The highest BCUT2D eigenvalue weighted by molar-refractivity contribution is 5.71. The molecule has 6 heteroatoms. The van der Waals surface area contributed by atoms with Crippen molar-refractivity contribution in [3.05, 3.63) is 0 Å². The van der Waals surface area contributed by atoms with Crippen molar-refractivity contribution in [2.24, 2.45) is 11.8 Å². The highest BCUT2D eigenvalue weighted by Gasteiger charge is 2.19. The number of carbonyl (C=O) groups excluding carboxylic acids is 3. The number of carbonyl (C=O) groups is 3. The van der Waals surface area contributed by atoms with Crippen molar-refractivity contribution < 1.29 is 28.6 Å². The van der Waals surface area contributed by atoms with E-state index in [9.17, 15) is 14.4 Å². The summed E-state index contributed by atoms with van der Waals surface area (Å²) in [6, 6.07) is 0. The highest BCUT2D eigenvalue weighted by atomic mass is 16.6. The van der Waals surface area contributed by atoms with Crippen LogP contribution in [-0.4, -0.2) is 37.2 Å². The number of unbranched alkanes of at least 4 members (excludes halogenated alkanes) is 39. The van der Waals surface area contributed by atoms with Crippen molar-refractivity contribution in [3.63, 3.8) is 0 Å². The Morgan fingerprint density at radius 3 is 0.742 bits per heavy atom. The first-order valence-electron chi connectivity index (χ1n) is 29.7. The minimum absolute atomic E-state index is 0.0624. The van der Waals surface area contributed by atoms with E-state index in [-0.39, 0.29) is 31.1 Å². The number of hydrogen-bond donors (Lipinski definition) is 0. The zero-order valence-corrected chi connectivity index (χ0v) is 45.3. The molecule has 6 nitrogen and oxygen atoms in total. The topological polar surface area (TPSA) is 78.9 Å². The molecule has 0 saturated carbocycles. The SMILES string of the molecule is CCCCCCCCCCCCCC(=O)OC[C@H](COC(=O)CCCCCCCCCCCCCCCCCCCCC(C)C)OC(=O)CCCCCCCCCCCCCCCC(C)C. The molecule has 66 heavy (non-hydrogen) atoms. The minimum Gasteiger partial charge on any atom is -0.462 e. The van der Waals surface area contributed by atoms with Crippen LogP contribution in [0.3, 0.4) is 0 Å². The molecular weight excluding hydrogens is 817 g/mol. The summed E-state index contributed by atoms with van der Waals surface area (Å²) in [7, 11) is 0. The maximum absolute atomic E-state index is 12.8. The van der Waals surface area contributed by atoms with Gasteiger partial charge in [0.15, 0.2) is 6.10 Å². The van der Waals surface area contributed by atoms with Gasteiger partial charge >= 0.3 is 17.9 Å². The average molecular weight is 934 g/mol. The molecule has 0 N–H and O–H groups in total. The second-order valence-corrected chi connectivity index (χ2v) is 21.6. The van der Waals surface area contributed by atoms with Gasteiger partial charge < -0.3 is 14.2 Å². The molecule has 0 saturated heterocycles. The molecule has 0 aromatic heterocycles. The molecule has 0 aliphatic heterocycles. The van der Waals surface area contributed by atoms with Gasteiger partial charge in [-0.3, -0.25) is 14.4 Å². The lowest BCUT2D eigenvalue weighted by molar-refractivity contribution is -0.167. The smallest absolute Gasteiger partial charge is 0.306 e. The van der Waals surface area contributed by atoms with Crippen LogP contribution >= 0.6 is 0 Å². The molecule has 0 aliphatic rings. The summed E-state index contributed by atoms with van der Waals surface area (Å²) < 4.78 is 16.9. The molecule has 0 fully saturated rings. The number of ether oxygens (including phenoxy) is 3. The second-order valence-electron chi connectivity index (χ2n) is 21.6. The van der Waals surface area contributed by atoms with E-state index in [1.54, 1.807) is 0 Å². The Bertz CT molecular complexity index is 1010. The van der Waals surface area contributed by atoms with Crippen molar-refractivity contribution in [2.75, 3.05) is 13.2 Å². The van der Waals surface area contributed by atoms with E-state index in [1.807, 2.05) is 0 Å². The van der Waals surface area contributed by atoms with Crippen LogP contribution in [0.2, 0.25) is 0 Å². The van der Waals surface area contributed by atoms with Gasteiger partial charge in [0, 0.05) is 19.3 Å². The maximum Gasteiger partial charge on any atom is 0.306 e. The number of hydrogen-bond acceptors (Lipinski definition) is 6. The third-order valence-electron chi connectivity index (χ3n) is 13.7. The normalized spacial score (nSPS) is 12.0. The second kappa shape index (κ2) is 52.8. The molecule has 0 unspecified atom stereocenters. The fourth-order valence-corrected chi connectivity index (χ4v) is 9.23. The Hall–Kier alpha value is -1.59. The van der Waals surface area contributed by atoms with E-state index in [0.717, 1.165) is 69.6 Å². The molecule has 0 amide bonds. The fraction of sp³-hybridized carbons (Fsp3) is 0.950. The molecule has 0 heterocycles. The van der Waals surface area contributed by atoms with Gasteiger partial charge in [0.1, 0.15) is 13.2 Å². The maximum atomic E-state index is 12.8. The Morgan fingerprint density at radius 1 is 0.288 bits per heavy atom. The van der Waals surface area contributed by atoms with E-state index in [1.165, 1.54) is 225 Å². The van der Waals surface area contributed by atoms with Crippen LogP contribution in [0.15, 0.2) is 0 Å². The zero-order chi connectivity index (χ0) is 48.2. The quantitative estimate of drug-likeness (QED) is 0.0343. The van der Waals surface area contributed by atoms with Gasteiger partial charge in [0.2, 0.25) is 0 Å². The van der Waals surface area contributed by atoms with Crippen molar-refractivity contribution in [1.82, 2.24) is 0 Å². The molecule has 0 radical (unpaired) electrons. The third kappa shape index (κ3) is 53.4. The van der Waals surface area contributed by atoms with Crippen LogP contribution in [0, 0.1) is 11.8 Å². The molecule has 392 valence electrons. The lowest BCUT2D eigenvalue weighted by Gasteiger charge is -2.18. The van der Waals surface area contributed by atoms with Crippen molar-refractivity contribution in [3.8, 4) is 0 Å². The van der Waals surface area contributed by atoms with Gasteiger partial charge in [-0.05, 0) is 31.1 Å². The van der Waals surface area contributed by atoms with E-state index < -0.39 is 6.10 Å². The Labute approximate surface area is 412 Å². The van der Waals surface area contributed by atoms with Crippen molar-refractivity contribution in [2.45, 2.75) is 343 Å². The zero-order valence-electron chi connectivity index (χ0n) is 45.3. The molecule has 1 atom stereocenters. The number of rotatable bonds is 54. The summed E-state index contributed by atoms with van der Waals surface area (Å²) in [6.45, 7) is 11.4. The summed E-state index contributed by atoms with van der Waals surface area (Å²) in [5, 5.41) is 0. The molecule has 0 spiro atoms. The van der Waals surface area contributed by atoms with E-state index in [0.29, 0.717) is 19.3 Å². The van der Waals surface area contributed by atoms with E-state index >= 15 is 0 Å². The minimum atomic E-state index is -0.762. The van der Waals surface area contributed by atoms with Crippen LogP contribution in [0.25, 0.3) is 0 Å². The van der Waals surface area contributed by atoms with Gasteiger partial charge in [-0.1, -0.05) is 298 Å². The van der Waals surface area contributed by atoms with Gasteiger partial charge in [0.25, 0.3) is 0 Å². The first-order valence-corrected chi connectivity index (χ1v) is 29.7. The summed E-state index contributed by atoms with van der Waals surface area (Å²) in [5.74, 6) is 0.859. The molecule has 0 rings (SSSR count). The monoisotopic (exact) mass is 933 g/mol. The Kier molecular flexibility index (Phi) is 51.5. The van der Waals surface area contributed by atoms with Crippen molar-refractivity contribution in [1.29, 1.82) is 0 Å². The van der Waals surface area contributed by atoms with E-state index in [2.05, 4.69) is 34.6 Å². The van der Waals surface area contributed by atoms with Gasteiger partial charge in [0.05, 0.1) is 0 Å². The van der Waals surface area contributed by atoms with E-state index in [4.69, 9.17) is 14.2 Å². The van der Waals surface area contributed by atoms with Gasteiger partial charge in [-0.2, -0.15) is 0 Å². The lowest BCUT2D eigenvalue weighted by Crippen LogP contribution is -2.30. The lowest BCUT2D eigenvalue weighted by atomic mass is 10.0. The molecule has 0 aliphatic carbocycles. The predicted molar refractivity (Wildman–Crippen MR) is 284 cm³/mol. The standard InChI is InChI=1S/C60H116O6/c1-6-7-8-9-10-11-23-30-35-40-45-50-58(61)64-53-57(66-60(63)52-47-42-37-32-27-22-18-20-25-29-34-39-44-49-56(4)5)54-65-59(62)51-46-41-36-31-26-21-17-15-13-12-14-16-19-24-28-33-38-43-48-55(2)3/h55-57H,6-54H2,1-5H3/t57-/m1/s1. The molecule has 0 aromatic rings. The first kappa shape index (κ1) is 64.4. The molecular formula is C60H116O6. The van der Waals surface area contributed by atoms with Gasteiger partial charge in [-0.25, -0.2) is 0 Å². The van der Waals surface area contributed by atoms with Crippen LogP contribution in [0.5, 0.6) is 0 Å². The highest BCUT2D eigenvalue weighted by Crippen LogP contribution is 2.18. The number of esters is 3. The Morgan fingerprint density at radius 2 is 0.500 bits per heavy atom. The first-order chi connectivity index (χ1) is 32.2. The summed E-state index contributed by atoms with van der Waals surface area (Å²) in [4.78, 5) is 38.1. The fourth-order valence-electron chi connectivity index (χ4n) is 9.23. The summed E-state index contributed by atoms with van der Waals surface area (Å²) in [6.07, 6.45) is 56.7. The summed E-state index contributed by atoms with van der Waals surface area (Å²) in [5.41, 5.74) is 0. The average Bonchev–Trinajstić information content (AvgIpc) is 3.29. The van der Waals surface area contributed by atoms with Crippen LogP contribution < -0.4 is 0 Å².